The Kier molecular flexibility index (Phi) is 4.40. The average molecular weight is 321 g/mol. The molecule has 3 rings (SSSR count). The van der Waals surface area contributed by atoms with Gasteiger partial charge in [-0.3, -0.25) is 14.8 Å². The summed E-state index contributed by atoms with van der Waals surface area (Å²) >= 11 is 0. The number of carbonyl (C=O) groups is 2. The van der Waals surface area contributed by atoms with Gasteiger partial charge in [-0.25, -0.2) is 5.48 Å². The number of H-pyrrole nitrogens is 1. The van der Waals surface area contributed by atoms with E-state index in [4.69, 9.17) is 5.21 Å². The quantitative estimate of drug-likeness (QED) is 0.338. The molecule has 0 saturated carbocycles. The lowest BCUT2D eigenvalue weighted by atomic mass is 10.1. The van der Waals surface area contributed by atoms with Crippen LogP contribution in [0.25, 0.3) is 17.0 Å². The van der Waals surface area contributed by atoms with Gasteiger partial charge in [-0.15, -0.1) is 0 Å². The minimum Gasteiger partial charge on any atom is -0.351 e. The van der Waals surface area contributed by atoms with Gasteiger partial charge < -0.3 is 10.3 Å². The minimum atomic E-state index is -0.647. The van der Waals surface area contributed by atoms with Crippen LogP contribution in [0.5, 0.6) is 0 Å². The number of fused-ring (bicyclic) bond motifs is 1. The maximum Gasteiger partial charge on any atom is 0.272 e. The van der Waals surface area contributed by atoms with Gasteiger partial charge in [-0.2, -0.15) is 0 Å². The Bertz CT molecular complexity index is 895. The molecular formula is C18H15N3O3. The first-order valence-corrected chi connectivity index (χ1v) is 7.27. The van der Waals surface area contributed by atoms with Gasteiger partial charge >= 0.3 is 0 Å². The molecule has 0 radical (unpaired) electrons. The second-order valence-electron chi connectivity index (χ2n) is 5.12. The van der Waals surface area contributed by atoms with E-state index in [2.05, 4.69) is 10.3 Å². The van der Waals surface area contributed by atoms with Crippen molar-refractivity contribution in [3.63, 3.8) is 0 Å². The lowest BCUT2D eigenvalue weighted by molar-refractivity contribution is -0.124. The molecule has 1 heterocycles. The van der Waals surface area contributed by atoms with Gasteiger partial charge in [0.2, 0.25) is 0 Å². The SMILES string of the molecule is O=C(C=Cc1ccccc1NC(=O)c1cc2ccccc2[nH]1)NO. The number of benzene rings is 2. The third-order valence-corrected chi connectivity index (χ3v) is 3.51. The van der Waals surface area contributed by atoms with Crippen LogP contribution < -0.4 is 10.8 Å². The molecule has 0 atom stereocenters. The standard InChI is InChI=1S/C18H15N3O3/c22-17(21-24)10-9-12-5-1-3-7-14(12)20-18(23)16-11-13-6-2-4-8-15(13)19-16/h1-11,19,24H,(H,20,23)(H,21,22). The summed E-state index contributed by atoms with van der Waals surface area (Å²) in [5.74, 6) is -0.926. The molecule has 4 N–H and O–H groups in total. The van der Waals surface area contributed by atoms with Crippen LogP contribution in [0.3, 0.4) is 0 Å². The fraction of sp³-hybridized carbons (Fsp3) is 0. The molecule has 6 nitrogen and oxygen atoms in total. The summed E-state index contributed by atoms with van der Waals surface area (Å²) in [7, 11) is 0. The van der Waals surface area contributed by atoms with Crippen molar-refractivity contribution in [2.45, 2.75) is 0 Å². The molecule has 2 aromatic carbocycles. The zero-order valence-corrected chi connectivity index (χ0v) is 12.6. The van der Waals surface area contributed by atoms with Crippen molar-refractivity contribution in [1.29, 1.82) is 0 Å². The molecule has 0 aliphatic heterocycles. The van der Waals surface area contributed by atoms with Crippen molar-refractivity contribution in [1.82, 2.24) is 10.5 Å². The summed E-state index contributed by atoms with van der Waals surface area (Å²) in [6.45, 7) is 0. The first kappa shape index (κ1) is 15.5. The van der Waals surface area contributed by atoms with Crippen molar-refractivity contribution in [3.8, 4) is 0 Å². The van der Waals surface area contributed by atoms with Crippen molar-refractivity contribution in [2.24, 2.45) is 0 Å². The third kappa shape index (κ3) is 3.34. The lowest BCUT2D eigenvalue weighted by Gasteiger charge is -2.07. The Morgan fingerprint density at radius 2 is 1.79 bits per heavy atom. The largest absolute Gasteiger partial charge is 0.351 e. The highest BCUT2D eigenvalue weighted by Gasteiger charge is 2.11. The van der Waals surface area contributed by atoms with E-state index >= 15 is 0 Å². The molecule has 24 heavy (non-hydrogen) atoms. The number of amides is 2. The molecule has 0 unspecified atom stereocenters. The van der Waals surface area contributed by atoms with E-state index in [9.17, 15) is 9.59 Å². The first-order chi connectivity index (χ1) is 11.7. The molecule has 3 aromatic rings. The Morgan fingerprint density at radius 1 is 1.04 bits per heavy atom. The monoisotopic (exact) mass is 321 g/mol. The van der Waals surface area contributed by atoms with Crippen LogP contribution in [0.1, 0.15) is 16.1 Å². The van der Waals surface area contributed by atoms with E-state index in [0.717, 1.165) is 10.9 Å². The number of rotatable bonds is 4. The Morgan fingerprint density at radius 3 is 2.58 bits per heavy atom. The third-order valence-electron chi connectivity index (χ3n) is 3.51. The van der Waals surface area contributed by atoms with E-state index < -0.39 is 5.91 Å². The summed E-state index contributed by atoms with van der Waals surface area (Å²) in [4.78, 5) is 26.6. The summed E-state index contributed by atoms with van der Waals surface area (Å²) in [6, 6.07) is 16.5. The van der Waals surface area contributed by atoms with E-state index in [0.29, 0.717) is 16.9 Å². The topological polar surface area (TPSA) is 94.2 Å². The van der Waals surface area contributed by atoms with Gasteiger partial charge in [-0.1, -0.05) is 36.4 Å². The maximum atomic E-state index is 12.4. The zero-order valence-electron chi connectivity index (χ0n) is 12.6. The number of anilines is 1. The van der Waals surface area contributed by atoms with Crippen molar-refractivity contribution < 1.29 is 14.8 Å². The number of nitrogens with one attached hydrogen (secondary N) is 3. The second-order valence-corrected chi connectivity index (χ2v) is 5.12. The number of aromatic nitrogens is 1. The molecule has 120 valence electrons. The van der Waals surface area contributed by atoms with Crippen LogP contribution in [0.4, 0.5) is 5.69 Å². The Balaban J connectivity index is 1.84. The predicted octanol–water partition coefficient (Wildman–Crippen LogP) is 2.94. The first-order valence-electron chi connectivity index (χ1n) is 7.27. The number of aromatic amines is 1. The minimum absolute atomic E-state index is 0.279. The smallest absolute Gasteiger partial charge is 0.272 e. The van der Waals surface area contributed by atoms with Crippen molar-refractivity contribution >= 4 is 34.5 Å². The van der Waals surface area contributed by atoms with E-state index in [1.54, 1.807) is 30.3 Å². The second kappa shape index (κ2) is 6.80. The highest BCUT2D eigenvalue weighted by molar-refractivity contribution is 6.07. The molecular weight excluding hydrogens is 306 g/mol. The summed E-state index contributed by atoms with van der Waals surface area (Å²) in [6.07, 6.45) is 2.68. The zero-order chi connectivity index (χ0) is 16.9. The number of carbonyl (C=O) groups excluding carboxylic acids is 2. The van der Waals surface area contributed by atoms with Gasteiger partial charge in [0.25, 0.3) is 11.8 Å². The van der Waals surface area contributed by atoms with Gasteiger partial charge in [0.15, 0.2) is 0 Å². The van der Waals surface area contributed by atoms with E-state index in [1.807, 2.05) is 24.3 Å². The fourth-order valence-electron chi connectivity index (χ4n) is 2.34. The van der Waals surface area contributed by atoms with Crippen molar-refractivity contribution in [3.05, 3.63) is 71.9 Å². The predicted molar refractivity (Wildman–Crippen MR) is 91.7 cm³/mol. The number of hydrogen-bond acceptors (Lipinski definition) is 3. The Hall–Kier alpha value is -3.38. The van der Waals surface area contributed by atoms with Crippen LogP contribution in [0, 0.1) is 0 Å². The van der Waals surface area contributed by atoms with Crippen LogP contribution >= 0.6 is 0 Å². The molecule has 0 fully saturated rings. The van der Waals surface area contributed by atoms with Gasteiger partial charge in [0.05, 0.1) is 0 Å². The molecule has 1 aromatic heterocycles. The molecule has 0 aliphatic rings. The molecule has 6 heteroatoms. The molecule has 2 amide bonds. The number of hydroxylamine groups is 1. The Labute approximate surface area is 137 Å². The molecule has 0 bridgehead atoms. The van der Waals surface area contributed by atoms with Crippen LogP contribution in [-0.4, -0.2) is 22.0 Å². The summed E-state index contributed by atoms with van der Waals surface area (Å²) < 4.78 is 0. The fourth-order valence-corrected chi connectivity index (χ4v) is 2.34. The average Bonchev–Trinajstić information content (AvgIpc) is 3.05. The molecule has 0 spiro atoms. The van der Waals surface area contributed by atoms with Gasteiger partial charge in [0, 0.05) is 22.7 Å². The van der Waals surface area contributed by atoms with Crippen LogP contribution in [0.15, 0.2) is 60.7 Å². The lowest BCUT2D eigenvalue weighted by Crippen LogP contribution is -2.15. The van der Waals surface area contributed by atoms with Crippen LogP contribution in [-0.2, 0) is 4.79 Å². The summed E-state index contributed by atoms with van der Waals surface area (Å²) in [5, 5.41) is 12.3. The highest BCUT2D eigenvalue weighted by Crippen LogP contribution is 2.19. The van der Waals surface area contributed by atoms with E-state index in [-0.39, 0.29) is 5.91 Å². The number of para-hydroxylation sites is 2. The van der Waals surface area contributed by atoms with Crippen LogP contribution in [0.2, 0.25) is 0 Å². The molecule has 0 aliphatic carbocycles. The highest BCUT2D eigenvalue weighted by atomic mass is 16.5. The summed E-state index contributed by atoms with van der Waals surface area (Å²) in [5.41, 5.74) is 4.05. The maximum absolute atomic E-state index is 12.4. The molecule has 0 saturated heterocycles. The van der Waals surface area contributed by atoms with Crippen molar-refractivity contribution in [2.75, 3.05) is 5.32 Å². The van der Waals surface area contributed by atoms with Gasteiger partial charge in [-0.05, 0) is 29.8 Å². The number of hydrogen-bond donors (Lipinski definition) is 4. The van der Waals surface area contributed by atoms with E-state index in [1.165, 1.54) is 17.6 Å². The van der Waals surface area contributed by atoms with Gasteiger partial charge in [0.1, 0.15) is 5.69 Å². The normalized spacial score (nSPS) is 10.9.